The van der Waals surface area contributed by atoms with Crippen molar-refractivity contribution in [3.63, 3.8) is 0 Å². The van der Waals surface area contributed by atoms with Gasteiger partial charge in [-0.05, 0) is 88.9 Å². The summed E-state index contributed by atoms with van der Waals surface area (Å²) in [4.78, 5) is 54.5. The Hall–Kier alpha value is -10.3. The van der Waals surface area contributed by atoms with Crippen molar-refractivity contribution in [1.29, 1.82) is 0 Å². The van der Waals surface area contributed by atoms with Gasteiger partial charge in [-0.1, -0.05) is 42.5 Å². The number of fused-ring (bicyclic) bond motifs is 3. The molecule has 2 amide bonds. The van der Waals surface area contributed by atoms with Crippen molar-refractivity contribution < 1.29 is 41.2 Å². The molecule has 1 aliphatic rings. The van der Waals surface area contributed by atoms with Crippen molar-refractivity contribution in [2.75, 3.05) is 53.8 Å². The van der Waals surface area contributed by atoms with Crippen LogP contribution in [0.1, 0.15) is 20.8 Å². The van der Waals surface area contributed by atoms with Crippen LogP contribution in [0.25, 0.3) is 33.2 Å². The zero-order valence-electron chi connectivity index (χ0n) is 42.3. The summed E-state index contributed by atoms with van der Waals surface area (Å²) in [7, 11) is -2.15. The maximum absolute atomic E-state index is 16.4. The number of rotatable bonds is 16. The Morgan fingerprint density at radius 3 is 1.92 bits per heavy atom. The molecule has 0 bridgehead atoms. The van der Waals surface area contributed by atoms with E-state index in [4.69, 9.17) is 38.9 Å². The molecule has 23 heteroatoms. The predicted molar refractivity (Wildman–Crippen MR) is 300 cm³/mol. The van der Waals surface area contributed by atoms with Gasteiger partial charge in [-0.15, -0.1) is 3.95 Å². The van der Waals surface area contributed by atoms with Gasteiger partial charge in [0.25, 0.3) is 21.8 Å². The number of carbonyl (C=O) groups is 2. The van der Waals surface area contributed by atoms with Gasteiger partial charge in [0.05, 0.1) is 55.5 Å². The summed E-state index contributed by atoms with van der Waals surface area (Å²) < 4.78 is 75.0. The topological polar surface area (TPSA) is 263 Å². The maximum atomic E-state index is 16.4. The lowest BCUT2D eigenvalue weighted by Gasteiger charge is -2.16. The minimum absolute atomic E-state index is 0.00654. The largest absolute Gasteiger partial charge is 0.497 e. The molecule has 0 radical (unpaired) electrons. The normalized spacial score (nSPS) is 13.7. The average molecular weight is 1090 g/mol. The van der Waals surface area contributed by atoms with Crippen LogP contribution in [0, 0.1) is 0 Å². The Morgan fingerprint density at radius 2 is 1.23 bits per heavy atom. The van der Waals surface area contributed by atoms with Crippen molar-refractivity contribution in [1.82, 2.24) is 33.8 Å². The Bertz CT molecular complexity index is 4270. The smallest absolute Gasteiger partial charge is 0.382 e. The van der Waals surface area contributed by atoms with Crippen LogP contribution in [0.3, 0.4) is 0 Å². The molecule has 1 aliphatic heterocycles. The third-order valence-corrected chi connectivity index (χ3v) is 15.9. The van der Waals surface area contributed by atoms with Crippen LogP contribution in [0.15, 0.2) is 180 Å². The van der Waals surface area contributed by atoms with E-state index in [2.05, 4.69) is 35.4 Å². The molecule has 21 nitrogen and oxygen atoms in total. The highest BCUT2D eigenvalue weighted by Crippen LogP contribution is 2.42. The number of aromatic nitrogens is 6. The molecule has 0 fully saturated rings. The molecule has 7 aromatic carbocycles. The van der Waals surface area contributed by atoms with E-state index in [1.807, 2.05) is 18.2 Å². The monoisotopic (exact) mass is 1090 g/mol. The lowest BCUT2D eigenvalue weighted by molar-refractivity contribution is 0.101. The van der Waals surface area contributed by atoms with E-state index in [-0.39, 0.29) is 55.6 Å². The van der Waals surface area contributed by atoms with Crippen LogP contribution in [0.2, 0.25) is 0 Å². The molecule has 0 spiro atoms. The van der Waals surface area contributed by atoms with Gasteiger partial charge in [0.1, 0.15) is 34.2 Å². The average Bonchev–Trinajstić information content (AvgIpc) is 4.06. The SMILES string of the molecule is COc1cc(Nc2nc3ccc(-c4cc(NC(=O)c5ccccc5)cc(S5(=O)=[N+](c6cc(OC)cc(OC)c6)c6nc7ccccc7nc6N5)c4)cc3nc2NS(=O)(=O)c2cccc(NC(=O)c3cnccn3)c2)cc(OC)c1. The molecule has 0 saturated carbocycles. The number of amides is 2. The van der Waals surface area contributed by atoms with Gasteiger partial charge in [-0.2, -0.15) is 0 Å². The second-order valence-electron chi connectivity index (χ2n) is 17.5. The van der Waals surface area contributed by atoms with Crippen LogP contribution in [0.5, 0.6) is 23.0 Å². The molecule has 5 N–H and O–H groups in total. The third-order valence-electron chi connectivity index (χ3n) is 12.4. The third kappa shape index (κ3) is 10.4. The number of sulfonamides is 1. The van der Waals surface area contributed by atoms with Crippen LogP contribution in [0.4, 0.5) is 46.0 Å². The summed E-state index contributed by atoms with van der Waals surface area (Å²) in [6, 6.07) is 41.9. The minimum atomic E-state index is -4.47. The molecule has 10 aromatic rings. The summed E-state index contributed by atoms with van der Waals surface area (Å²) in [5.74, 6) is 0.966. The van der Waals surface area contributed by atoms with E-state index in [1.54, 1.807) is 113 Å². The number of hydrogen-bond donors (Lipinski definition) is 5. The Labute approximate surface area is 452 Å². The van der Waals surface area contributed by atoms with Crippen LogP contribution >= 0.6 is 0 Å². The highest BCUT2D eigenvalue weighted by atomic mass is 32.2. The van der Waals surface area contributed by atoms with Gasteiger partial charge in [0.2, 0.25) is 21.2 Å². The molecule has 4 heterocycles. The zero-order chi connectivity index (χ0) is 54.8. The van der Waals surface area contributed by atoms with Crippen LogP contribution in [-0.4, -0.2) is 82.8 Å². The minimum Gasteiger partial charge on any atom is -0.497 e. The highest BCUT2D eigenvalue weighted by molar-refractivity contribution is 7.95. The predicted octanol–water partition coefficient (Wildman–Crippen LogP) is 9.82. The van der Waals surface area contributed by atoms with Gasteiger partial charge < -0.3 is 34.9 Å². The van der Waals surface area contributed by atoms with E-state index in [1.165, 1.54) is 71.3 Å². The second-order valence-corrected chi connectivity index (χ2v) is 21.2. The van der Waals surface area contributed by atoms with E-state index < -0.39 is 31.8 Å². The Balaban J connectivity index is 1.06. The molecule has 1 atom stereocenters. The van der Waals surface area contributed by atoms with Crippen molar-refractivity contribution in [2.24, 2.45) is 0 Å². The first kappa shape index (κ1) is 50.9. The van der Waals surface area contributed by atoms with E-state index in [0.29, 0.717) is 67.6 Å². The van der Waals surface area contributed by atoms with Gasteiger partial charge in [-0.3, -0.25) is 24.0 Å². The summed E-state index contributed by atoms with van der Waals surface area (Å²) in [5.41, 5.74) is 4.32. The number of nitrogens with one attached hydrogen (secondary N) is 5. The summed E-state index contributed by atoms with van der Waals surface area (Å²) in [6.07, 6.45) is 4.07. The lowest BCUT2D eigenvalue weighted by atomic mass is 10.0. The maximum Gasteiger partial charge on any atom is 0.382 e. The standard InChI is InChI=1S/C56H44N12O9S2/c1-74-40-24-38(25-41(30-40)75-2)59-51-52(67-79(72,73)44-14-10-13-36(26-44)60-56(70)50-32-57-19-20-58-50)64-49-23-34(17-18-48(49)62-51)35-21-37(61-55(69)33-11-6-5-7-12-33)27-45(22-35)78(71)66-53-54(65-47-16-9-8-15-46(47)63-53)68(78)39-28-42(76-3)31-43(29-39)77-4/h5-32H,1-4H3,(H4,57,58,59,60,61,62,63,64,65,67,69,70)/p+1. The van der Waals surface area contributed by atoms with Crippen molar-refractivity contribution >= 4 is 99.8 Å². The number of benzene rings is 7. The molecule has 79 heavy (non-hydrogen) atoms. The summed E-state index contributed by atoms with van der Waals surface area (Å²) >= 11 is 0. The Morgan fingerprint density at radius 1 is 0.570 bits per heavy atom. The number of methoxy groups -OCH3 is 4. The number of ether oxygens (including phenoxy) is 4. The molecule has 0 saturated heterocycles. The fraction of sp³-hybridized carbons (Fsp3) is 0.0714. The number of nitrogens with zero attached hydrogens (tertiary/aromatic N) is 7. The lowest BCUT2D eigenvalue weighted by Crippen LogP contribution is -2.20. The van der Waals surface area contributed by atoms with Gasteiger partial charge >= 0.3 is 5.82 Å². The molecular formula is C56H45N12O9S2+. The van der Waals surface area contributed by atoms with Gasteiger partial charge in [0, 0.05) is 71.4 Å². The van der Waals surface area contributed by atoms with Gasteiger partial charge in [0.15, 0.2) is 17.3 Å². The first-order chi connectivity index (χ1) is 38.3. The zero-order valence-corrected chi connectivity index (χ0v) is 43.9. The van der Waals surface area contributed by atoms with E-state index in [9.17, 15) is 18.0 Å². The highest BCUT2D eigenvalue weighted by Gasteiger charge is 2.40. The number of anilines is 6. The molecule has 3 aromatic heterocycles. The van der Waals surface area contributed by atoms with Crippen molar-refractivity contribution in [3.8, 4) is 34.1 Å². The van der Waals surface area contributed by atoms with Crippen molar-refractivity contribution in [3.05, 3.63) is 182 Å². The van der Waals surface area contributed by atoms with Crippen LogP contribution in [-0.2, 0) is 19.9 Å². The fourth-order valence-corrected chi connectivity index (χ4v) is 11.8. The second kappa shape index (κ2) is 21.0. The molecule has 11 rings (SSSR count). The molecule has 0 aliphatic carbocycles. The number of para-hydroxylation sites is 2. The Kier molecular flexibility index (Phi) is 13.6. The number of carbonyl (C=O) groups excluding carboxylic acids is 2. The molecule has 394 valence electrons. The summed E-state index contributed by atoms with van der Waals surface area (Å²) in [5, 5.41) is 8.85. The molecule has 1 unspecified atom stereocenters. The number of hydrogen-bond acceptors (Lipinski definition) is 16. The van der Waals surface area contributed by atoms with E-state index >= 15 is 4.21 Å². The fourth-order valence-electron chi connectivity index (χ4n) is 8.58. The quantitative estimate of drug-likeness (QED) is 0.0564. The van der Waals surface area contributed by atoms with Crippen LogP contribution < -0.4 is 48.3 Å². The first-order valence-electron chi connectivity index (χ1n) is 24.0. The van der Waals surface area contributed by atoms with Gasteiger partial charge in [-0.25, -0.2) is 32.6 Å². The summed E-state index contributed by atoms with van der Waals surface area (Å²) in [6.45, 7) is 0. The van der Waals surface area contributed by atoms with E-state index in [0.717, 1.165) is 0 Å². The first-order valence-corrected chi connectivity index (χ1v) is 27.0. The molecular weight excluding hydrogens is 1050 g/mol. The van der Waals surface area contributed by atoms with Crippen molar-refractivity contribution in [2.45, 2.75) is 9.79 Å².